The third-order valence-electron chi connectivity index (χ3n) is 4.50. The van der Waals surface area contributed by atoms with E-state index in [-0.39, 0.29) is 16.3 Å². The van der Waals surface area contributed by atoms with Crippen molar-refractivity contribution < 1.29 is 9.72 Å². The summed E-state index contributed by atoms with van der Waals surface area (Å²) in [4.78, 5) is 24.5. The fraction of sp³-hybridized carbons (Fsp3) is 0.158. The smallest absolute Gasteiger partial charge is 0.269 e. The Bertz CT molecular complexity index is 1010. The first-order chi connectivity index (χ1) is 12.8. The number of aryl methyl sites for hydroxylation is 2. The second-order valence-corrected chi connectivity index (χ2v) is 6.60. The Morgan fingerprint density at radius 2 is 1.85 bits per heavy atom. The Labute approximate surface area is 161 Å². The van der Waals surface area contributed by atoms with Crippen LogP contribution in [0.3, 0.4) is 0 Å². The summed E-state index contributed by atoms with van der Waals surface area (Å²) in [6, 6.07) is 13.6. The van der Waals surface area contributed by atoms with Gasteiger partial charge in [-0.1, -0.05) is 6.07 Å². The van der Waals surface area contributed by atoms with Crippen LogP contribution < -0.4 is 10.2 Å². The highest BCUT2D eigenvalue weighted by atomic mass is 32.1. The minimum Gasteiger partial charge on any atom is -0.327 e. The number of anilines is 1. The zero-order valence-corrected chi connectivity index (χ0v) is 15.5. The van der Waals surface area contributed by atoms with Crippen LogP contribution in [0.15, 0.2) is 53.1 Å². The van der Waals surface area contributed by atoms with E-state index in [1.165, 1.54) is 12.1 Å². The summed E-state index contributed by atoms with van der Waals surface area (Å²) in [5.74, 6) is -0.536. The molecule has 0 radical (unpaired) electrons. The Morgan fingerprint density at radius 3 is 2.41 bits per heavy atom. The lowest BCUT2D eigenvalue weighted by Crippen LogP contribution is -2.46. The maximum absolute atomic E-state index is 12.3. The van der Waals surface area contributed by atoms with E-state index in [1.807, 2.05) is 38.1 Å². The molecule has 3 rings (SSSR count). The standard InChI is InChI=1S/C19H16N4O3S/c1-11-3-6-15(9-12(11)2)22-17(21-18(24)16(10-20)19(22)27)13-4-7-14(8-5-13)23(25)26/h3-9,17,27H,1-2H3,(H,21,24). The fourth-order valence-electron chi connectivity index (χ4n) is 2.86. The number of non-ortho nitro benzene ring substituents is 1. The van der Waals surface area contributed by atoms with Crippen molar-refractivity contribution in [2.45, 2.75) is 20.0 Å². The predicted molar refractivity (Wildman–Crippen MR) is 104 cm³/mol. The van der Waals surface area contributed by atoms with Crippen molar-refractivity contribution in [3.63, 3.8) is 0 Å². The number of nitro benzene ring substituents is 1. The van der Waals surface area contributed by atoms with Gasteiger partial charge in [-0.25, -0.2) is 0 Å². The largest absolute Gasteiger partial charge is 0.327 e. The number of rotatable bonds is 3. The van der Waals surface area contributed by atoms with Crippen LogP contribution in [0.25, 0.3) is 0 Å². The lowest BCUT2D eigenvalue weighted by molar-refractivity contribution is -0.384. The molecule has 1 aliphatic rings. The zero-order chi connectivity index (χ0) is 19.7. The van der Waals surface area contributed by atoms with Gasteiger partial charge in [0.2, 0.25) is 0 Å². The highest BCUT2D eigenvalue weighted by Gasteiger charge is 2.34. The molecular formula is C19H16N4O3S. The average molecular weight is 380 g/mol. The molecule has 1 aliphatic heterocycles. The maximum atomic E-state index is 12.3. The van der Waals surface area contributed by atoms with Gasteiger partial charge in [0.1, 0.15) is 17.8 Å². The van der Waals surface area contributed by atoms with Gasteiger partial charge in [-0.05, 0) is 54.8 Å². The SMILES string of the molecule is Cc1ccc(N2C(S)=C(C#N)C(=O)NC2c2ccc([N+](=O)[O-])cc2)cc1C. The van der Waals surface area contributed by atoms with Crippen LogP contribution in [0, 0.1) is 35.3 Å². The molecule has 27 heavy (non-hydrogen) atoms. The molecule has 0 aliphatic carbocycles. The van der Waals surface area contributed by atoms with Crippen LogP contribution >= 0.6 is 12.6 Å². The summed E-state index contributed by atoms with van der Waals surface area (Å²) in [5, 5.41) is 23.2. The quantitative estimate of drug-likeness (QED) is 0.482. The molecular weight excluding hydrogens is 364 g/mol. The number of nitrogens with one attached hydrogen (secondary N) is 1. The molecule has 0 saturated heterocycles. The monoisotopic (exact) mass is 380 g/mol. The Kier molecular flexibility index (Phi) is 4.88. The van der Waals surface area contributed by atoms with E-state index in [4.69, 9.17) is 0 Å². The van der Waals surface area contributed by atoms with Gasteiger partial charge in [0.25, 0.3) is 11.6 Å². The number of hydrogen-bond acceptors (Lipinski definition) is 6. The van der Waals surface area contributed by atoms with Crippen LogP contribution in [0.1, 0.15) is 22.9 Å². The summed E-state index contributed by atoms with van der Waals surface area (Å²) >= 11 is 4.44. The van der Waals surface area contributed by atoms with Crippen molar-refractivity contribution in [1.29, 1.82) is 5.26 Å². The Balaban J connectivity index is 2.14. The second-order valence-electron chi connectivity index (χ2n) is 6.17. The van der Waals surface area contributed by atoms with E-state index in [9.17, 15) is 20.2 Å². The molecule has 8 heteroatoms. The minimum atomic E-state index is -0.648. The molecule has 0 fully saturated rings. The normalized spacial score (nSPS) is 16.7. The van der Waals surface area contributed by atoms with Gasteiger partial charge in [0, 0.05) is 17.8 Å². The van der Waals surface area contributed by atoms with Gasteiger partial charge in [-0.2, -0.15) is 5.26 Å². The molecule has 136 valence electrons. The molecule has 2 aromatic carbocycles. The predicted octanol–water partition coefficient (Wildman–Crippen LogP) is 3.51. The highest BCUT2D eigenvalue weighted by molar-refractivity contribution is 7.84. The first-order valence-corrected chi connectivity index (χ1v) is 8.53. The number of nitrogens with zero attached hydrogens (tertiary/aromatic N) is 3. The van der Waals surface area contributed by atoms with Crippen molar-refractivity contribution in [3.8, 4) is 6.07 Å². The third-order valence-corrected chi connectivity index (χ3v) is 4.94. The van der Waals surface area contributed by atoms with E-state index in [0.717, 1.165) is 16.8 Å². The molecule has 1 heterocycles. The van der Waals surface area contributed by atoms with Gasteiger partial charge in [0.15, 0.2) is 0 Å². The van der Waals surface area contributed by atoms with Crippen molar-refractivity contribution in [1.82, 2.24) is 5.32 Å². The molecule has 2 aromatic rings. The Morgan fingerprint density at radius 1 is 1.19 bits per heavy atom. The first kappa shape index (κ1) is 18.5. The van der Waals surface area contributed by atoms with Crippen LogP contribution in [0.2, 0.25) is 0 Å². The van der Waals surface area contributed by atoms with Gasteiger partial charge in [-0.15, -0.1) is 12.6 Å². The number of nitro groups is 1. The number of carbonyl (C=O) groups is 1. The lowest BCUT2D eigenvalue weighted by atomic mass is 10.0. The van der Waals surface area contributed by atoms with Crippen molar-refractivity contribution in [2.24, 2.45) is 0 Å². The van der Waals surface area contributed by atoms with E-state index < -0.39 is 17.0 Å². The van der Waals surface area contributed by atoms with E-state index in [2.05, 4.69) is 17.9 Å². The average Bonchev–Trinajstić information content (AvgIpc) is 2.64. The van der Waals surface area contributed by atoms with Crippen LogP contribution in [0.4, 0.5) is 11.4 Å². The fourth-order valence-corrected chi connectivity index (χ4v) is 3.25. The van der Waals surface area contributed by atoms with Gasteiger partial charge >= 0.3 is 0 Å². The highest BCUT2D eigenvalue weighted by Crippen LogP contribution is 2.36. The second kappa shape index (κ2) is 7.13. The Hall–Kier alpha value is -3.31. The number of benzene rings is 2. The van der Waals surface area contributed by atoms with E-state index >= 15 is 0 Å². The molecule has 1 amide bonds. The van der Waals surface area contributed by atoms with Crippen LogP contribution in [-0.4, -0.2) is 10.8 Å². The number of carbonyl (C=O) groups excluding carboxylic acids is 1. The number of amides is 1. The first-order valence-electron chi connectivity index (χ1n) is 8.08. The van der Waals surface area contributed by atoms with Crippen molar-refractivity contribution in [3.05, 3.63) is 79.9 Å². The summed E-state index contributed by atoms with van der Waals surface area (Å²) in [7, 11) is 0. The molecule has 1 N–H and O–H groups in total. The van der Waals surface area contributed by atoms with Gasteiger partial charge < -0.3 is 10.2 Å². The van der Waals surface area contributed by atoms with Crippen molar-refractivity contribution >= 4 is 29.9 Å². The topological polar surface area (TPSA) is 99.3 Å². The van der Waals surface area contributed by atoms with Crippen LogP contribution in [-0.2, 0) is 4.79 Å². The van der Waals surface area contributed by atoms with E-state index in [1.54, 1.807) is 17.0 Å². The number of nitriles is 1. The molecule has 0 aromatic heterocycles. The minimum absolute atomic E-state index is 0.0435. The molecule has 0 bridgehead atoms. The van der Waals surface area contributed by atoms with E-state index in [0.29, 0.717) is 5.56 Å². The summed E-state index contributed by atoms with van der Waals surface area (Å²) in [6.45, 7) is 3.96. The summed E-state index contributed by atoms with van der Waals surface area (Å²) in [5.41, 5.74) is 3.41. The molecule has 1 unspecified atom stereocenters. The van der Waals surface area contributed by atoms with Gasteiger partial charge in [0.05, 0.1) is 9.95 Å². The molecule has 1 atom stereocenters. The molecule has 7 nitrogen and oxygen atoms in total. The number of hydrogen-bond donors (Lipinski definition) is 2. The maximum Gasteiger partial charge on any atom is 0.269 e. The third kappa shape index (κ3) is 3.37. The molecule has 0 spiro atoms. The number of thiol groups is 1. The van der Waals surface area contributed by atoms with Crippen molar-refractivity contribution in [2.75, 3.05) is 4.90 Å². The van der Waals surface area contributed by atoms with Gasteiger partial charge in [-0.3, -0.25) is 14.9 Å². The lowest BCUT2D eigenvalue weighted by Gasteiger charge is -2.38. The summed E-state index contributed by atoms with van der Waals surface area (Å²) < 4.78 is 0. The van der Waals surface area contributed by atoms with Crippen LogP contribution in [0.5, 0.6) is 0 Å². The zero-order valence-electron chi connectivity index (χ0n) is 14.6. The molecule has 0 saturated carbocycles. The summed E-state index contributed by atoms with van der Waals surface area (Å²) in [6.07, 6.45) is -0.648.